The van der Waals surface area contributed by atoms with Crippen LogP contribution in [0, 0.1) is 0 Å². The number of nitrogens with zero attached hydrogens (tertiary/aromatic N) is 2. The number of anilines is 2. The number of nitrogens with one attached hydrogen (secondary N) is 1. The normalized spacial score (nSPS) is 18.9. The molecule has 0 aliphatic carbocycles. The largest absolute Gasteiger partial charge is 0.380 e. The van der Waals surface area contributed by atoms with Crippen molar-refractivity contribution in [3.05, 3.63) is 36.5 Å². The topological polar surface area (TPSA) is 88.3 Å². The molecule has 2 heterocycles. The van der Waals surface area contributed by atoms with Crippen LogP contribution in [0.1, 0.15) is 6.42 Å². The number of nitrogens with two attached hydrogens (primary N) is 1. The van der Waals surface area contributed by atoms with Crippen LogP contribution in [0.15, 0.2) is 40.7 Å². The molecular weight excluding hydrogens is 308 g/mol. The molecule has 1 saturated heterocycles. The van der Waals surface area contributed by atoms with E-state index >= 15 is 0 Å². The number of rotatable bonds is 4. The summed E-state index contributed by atoms with van der Waals surface area (Å²) >= 11 is 1.12. The van der Waals surface area contributed by atoms with Gasteiger partial charge < -0.3 is 10.2 Å². The first-order chi connectivity index (χ1) is 10.0. The van der Waals surface area contributed by atoms with Crippen LogP contribution in [0.4, 0.5) is 10.8 Å². The number of hydrogen-bond acceptors (Lipinski definition) is 6. The zero-order valence-electron chi connectivity index (χ0n) is 11.3. The Morgan fingerprint density at radius 2 is 2.10 bits per heavy atom. The van der Waals surface area contributed by atoms with Crippen molar-refractivity contribution < 1.29 is 8.42 Å². The predicted molar refractivity (Wildman–Crippen MR) is 84.2 cm³/mol. The second-order valence-electron chi connectivity index (χ2n) is 4.95. The van der Waals surface area contributed by atoms with Gasteiger partial charge in [0.15, 0.2) is 9.34 Å². The van der Waals surface area contributed by atoms with Crippen LogP contribution >= 0.6 is 11.3 Å². The lowest BCUT2D eigenvalue weighted by Crippen LogP contribution is -2.25. The molecule has 0 amide bonds. The Morgan fingerprint density at radius 1 is 1.33 bits per heavy atom. The van der Waals surface area contributed by atoms with E-state index in [1.807, 2.05) is 30.3 Å². The fraction of sp³-hybridized carbons (Fsp3) is 0.308. The number of thiazole rings is 1. The summed E-state index contributed by atoms with van der Waals surface area (Å²) in [5.74, 6) is 0. The van der Waals surface area contributed by atoms with E-state index in [0.29, 0.717) is 11.2 Å². The maximum Gasteiger partial charge on any atom is 0.249 e. The van der Waals surface area contributed by atoms with E-state index in [1.165, 1.54) is 6.20 Å². The van der Waals surface area contributed by atoms with Crippen LogP contribution in [0.5, 0.6) is 0 Å². The third kappa shape index (κ3) is 3.34. The van der Waals surface area contributed by atoms with Crippen molar-refractivity contribution in [3.8, 4) is 0 Å². The molecule has 0 spiro atoms. The minimum atomic E-state index is -3.66. The highest BCUT2D eigenvalue weighted by atomic mass is 32.2. The standard InChI is InChI=1S/C13H16N4O2S2/c14-21(18,19)12-8-15-13(20-12)17-7-6-11(9-17)16-10-4-2-1-3-5-10/h1-5,8,11,16H,6-7,9H2,(H2,14,18,19)/t11-/m1/s1. The van der Waals surface area contributed by atoms with Gasteiger partial charge in [-0.25, -0.2) is 18.5 Å². The average molecular weight is 324 g/mol. The van der Waals surface area contributed by atoms with Crippen molar-refractivity contribution in [1.82, 2.24) is 4.98 Å². The molecule has 21 heavy (non-hydrogen) atoms. The van der Waals surface area contributed by atoms with Gasteiger partial charge in [-0.05, 0) is 18.6 Å². The predicted octanol–water partition coefficient (Wildman–Crippen LogP) is 1.48. The highest BCUT2D eigenvalue weighted by Crippen LogP contribution is 2.28. The van der Waals surface area contributed by atoms with Crippen molar-refractivity contribution in [2.24, 2.45) is 5.14 Å². The van der Waals surface area contributed by atoms with Gasteiger partial charge in [-0.3, -0.25) is 0 Å². The molecule has 1 aromatic carbocycles. The van der Waals surface area contributed by atoms with E-state index in [4.69, 9.17) is 5.14 Å². The van der Waals surface area contributed by atoms with Gasteiger partial charge in [0.1, 0.15) is 0 Å². The Morgan fingerprint density at radius 3 is 2.76 bits per heavy atom. The van der Waals surface area contributed by atoms with E-state index < -0.39 is 10.0 Å². The first-order valence-electron chi connectivity index (χ1n) is 6.57. The van der Waals surface area contributed by atoms with Gasteiger partial charge in [-0.15, -0.1) is 0 Å². The first kappa shape index (κ1) is 14.3. The Bertz CT molecular complexity index is 715. The lowest BCUT2D eigenvalue weighted by molar-refractivity contribution is 0.599. The van der Waals surface area contributed by atoms with Crippen LogP contribution in [0.25, 0.3) is 0 Å². The molecule has 0 bridgehead atoms. The minimum absolute atomic E-state index is 0.108. The van der Waals surface area contributed by atoms with Crippen molar-refractivity contribution in [1.29, 1.82) is 0 Å². The molecule has 3 N–H and O–H groups in total. The maximum atomic E-state index is 11.3. The number of sulfonamides is 1. The average Bonchev–Trinajstić information content (AvgIpc) is 3.07. The summed E-state index contributed by atoms with van der Waals surface area (Å²) in [7, 11) is -3.66. The first-order valence-corrected chi connectivity index (χ1v) is 8.94. The molecule has 1 fully saturated rings. The molecule has 0 saturated carbocycles. The van der Waals surface area contributed by atoms with E-state index in [0.717, 1.165) is 36.5 Å². The lowest BCUT2D eigenvalue weighted by atomic mass is 10.2. The van der Waals surface area contributed by atoms with Crippen LogP contribution in [0.2, 0.25) is 0 Å². The molecule has 8 heteroatoms. The number of primary sulfonamides is 1. The molecule has 1 aromatic heterocycles. The van der Waals surface area contributed by atoms with E-state index in [1.54, 1.807) is 0 Å². The summed E-state index contributed by atoms with van der Waals surface area (Å²) in [5, 5.41) is 9.28. The van der Waals surface area contributed by atoms with E-state index in [2.05, 4.69) is 15.2 Å². The summed E-state index contributed by atoms with van der Waals surface area (Å²) in [5.41, 5.74) is 1.09. The molecule has 1 aliphatic rings. The lowest BCUT2D eigenvalue weighted by Gasteiger charge is -2.16. The molecule has 1 aliphatic heterocycles. The van der Waals surface area contributed by atoms with Crippen molar-refractivity contribution in [3.63, 3.8) is 0 Å². The SMILES string of the molecule is NS(=O)(=O)c1cnc(N2CC[C@@H](Nc3ccccc3)C2)s1. The molecule has 0 unspecified atom stereocenters. The van der Waals surface area contributed by atoms with Crippen LogP contribution < -0.4 is 15.4 Å². The quantitative estimate of drug-likeness (QED) is 0.889. The summed E-state index contributed by atoms with van der Waals surface area (Å²) < 4.78 is 22.7. The van der Waals surface area contributed by atoms with Crippen LogP contribution in [-0.4, -0.2) is 32.5 Å². The fourth-order valence-electron chi connectivity index (χ4n) is 2.35. The van der Waals surface area contributed by atoms with Gasteiger partial charge in [-0.2, -0.15) is 0 Å². The fourth-order valence-corrected chi connectivity index (χ4v) is 3.92. The van der Waals surface area contributed by atoms with Gasteiger partial charge in [0, 0.05) is 24.8 Å². The van der Waals surface area contributed by atoms with Crippen LogP contribution in [0.3, 0.4) is 0 Å². The third-order valence-electron chi connectivity index (χ3n) is 3.36. The van der Waals surface area contributed by atoms with Gasteiger partial charge in [0.05, 0.1) is 6.20 Å². The number of hydrogen-bond donors (Lipinski definition) is 2. The molecule has 6 nitrogen and oxygen atoms in total. The Labute approximate surface area is 127 Å². The Hall–Kier alpha value is -1.64. The zero-order chi connectivity index (χ0) is 14.9. The Kier molecular flexibility index (Phi) is 3.83. The summed E-state index contributed by atoms with van der Waals surface area (Å²) in [6.07, 6.45) is 2.31. The number of aromatic nitrogens is 1. The smallest absolute Gasteiger partial charge is 0.249 e. The Balaban J connectivity index is 1.66. The number of benzene rings is 1. The highest BCUT2D eigenvalue weighted by Gasteiger charge is 2.25. The molecule has 0 radical (unpaired) electrons. The second-order valence-corrected chi connectivity index (χ2v) is 7.75. The van der Waals surface area contributed by atoms with E-state index in [9.17, 15) is 8.42 Å². The van der Waals surface area contributed by atoms with Crippen molar-refractivity contribution >= 4 is 32.2 Å². The molecule has 1 atom stereocenters. The van der Waals surface area contributed by atoms with E-state index in [-0.39, 0.29) is 4.21 Å². The monoisotopic (exact) mass is 324 g/mol. The zero-order valence-corrected chi connectivity index (χ0v) is 12.9. The van der Waals surface area contributed by atoms with Crippen LogP contribution in [-0.2, 0) is 10.0 Å². The second kappa shape index (κ2) is 5.63. The molecule has 112 valence electrons. The maximum absolute atomic E-state index is 11.3. The van der Waals surface area contributed by atoms with Gasteiger partial charge in [0.25, 0.3) is 0 Å². The van der Waals surface area contributed by atoms with Gasteiger partial charge in [-0.1, -0.05) is 29.5 Å². The molecule has 2 aromatic rings. The third-order valence-corrected chi connectivity index (χ3v) is 5.82. The van der Waals surface area contributed by atoms with Gasteiger partial charge in [0.2, 0.25) is 10.0 Å². The highest BCUT2D eigenvalue weighted by molar-refractivity contribution is 7.91. The minimum Gasteiger partial charge on any atom is -0.380 e. The van der Waals surface area contributed by atoms with Crippen molar-refractivity contribution in [2.45, 2.75) is 16.7 Å². The van der Waals surface area contributed by atoms with Gasteiger partial charge >= 0.3 is 0 Å². The number of para-hydroxylation sites is 1. The van der Waals surface area contributed by atoms with Crippen molar-refractivity contribution in [2.75, 3.05) is 23.3 Å². The summed E-state index contributed by atoms with van der Waals surface area (Å²) in [4.78, 5) is 6.25. The summed E-state index contributed by atoms with van der Waals surface area (Å²) in [6.45, 7) is 1.65. The summed E-state index contributed by atoms with van der Waals surface area (Å²) in [6, 6.07) is 10.4. The molecular formula is C13H16N4O2S2. The molecule has 3 rings (SSSR count).